The van der Waals surface area contributed by atoms with Crippen LogP contribution in [-0.2, 0) is 27.0 Å². The van der Waals surface area contributed by atoms with Gasteiger partial charge < -0.3 is 14.0 Å². The Labute approximate surface area is 162 Å². The summed E-state index contributed by atoms with van der Waals surface area (Å²) in [5.41, 5.74) is 5.14. The van der Waals surface area contributed by atoms with E-state index in [4.69, 9.17) is 14.0 Å². The molecule has 1 aromatic rings. The van der Waals surface area contributed by atoms with Crippen LogP contribution in [0.4, 0.5) is 4.79 Å². The molecule has 148 valence electrons. The Bertz CT molecular complexity index is 711. The van der Waals surface area contributed by atoms with Crippen molar-refractivity contribution < 1.29 is 18.8 Å². The van der Waals surface area contributed by atoms with Crippen molar-refractivity contribution in [2.75, 3.05) is 6.54 Å². The second kappa shape index (κ2) is 6.80. The molecule has 0 unspecified atom stereocenters. The Hall–Kier alpha value is -1.57. The number of nitrogens with one attached hydrogen (secondary N) is 1. The first-order valence-corrected chi connectivity index (χ1v) is 9.58. The summed E-state index contributed by atoms with van der Waals surface area (Å²) < 4.78 is 17.6. The first-order chi connectivity index (χ1) is 12.4. The Morgan fingerprint density at radius 3 is 2.37 bits per heavy atom. The molecule has 0 spiro atoms. The number of nitrogens with zero attached hydrogens (tertiary/aromatic N) is 1. The predicted molar refractivity (Wildman–Crippen MR) is 106 cm³/mol. The highest BCUT2D eigenvalue weighted by Gasteiger charge is 2.51. The van der Waals surface area contributed by atoms with Crippen LogP contribution in [0.1, 0.15) is 59.6 Å². The molecule has 3 rings (SSSR count). The minimum Gasteiger partial charge on any atom is -0.443 e. The molecule has 1 fully saturated rings. The van der Waals surface area contributed by atoms with Crippen LogP contribution in [0.2, 0.25) is 0 Å². The fourth-order valence-corrected chi connectivity index (χ4v) is 3.22. The number of carbonyl (C=O) groups is 1. The lowest BCUT2D eigenvalue weighted by molar-refractivity contribution is 0.00578. The number of hydrogen-bond acceptors (Lipinski definition) is 5. The summed E-state index contributed by atoms with van der Waals surface area (Å²) in [5, 5.41) is 1.89. The van der Waals surface area contributed by atoms with E-state index in [9.17, 15) is 4.79 Å². The van der Waals surface area contributed by atoms with Gasteiger partial charge in [-0.25, -0.2) is 9.80 Å². The van der Waals surface area contributed by atoms with Crippen LogP contribution in [0, 0.1) is 0 Å². The van der Waals surface area contributed by atoms with Crippen molar-refractivity contribution in [2.45, 2.75) is 78.2 Å². The van der Waals surface area contributed by atoms with Gasteiger partial charge >= 0.3 is 13.2 Å². The van der Waals surface area contributed by atoms with Gasteiger partial charge in [-0.15, -0.1) is 0 Å². The van der Waals surface area contributed by atoms with Crippen LogP contribution in [-0.4, -0.2) is 41.6 Å². The third-order valence-electron chi connectivity index (χ3n) is 5.42. The number of benzene rings is 1. The van der Waals surface area contributed by atoms with Gasteiger partial charge in [0.25, 0.3) is 0 Å². The van der Waals surface area contributed by atoms with Crippen LogP contribution >= 0.6 is 0 Å². The topological polar surface area (TPSA) is 60.0 Å². The lowest BCUT2D eigenvalue weighted by atomic mass is 9.77. The van der Waals surface area contributed by atoms with Gasteiger partial charge in [-0.1, -0.05) is 18.2 Å². The molecule has 2 aliphatic heterocycles. The first-order valence-electron chi connectivity index (χ1n) is 9.58. The number of fused-ring (bicyclic) bond motifs is 1. The number of ether oxygens (including phenoxy) is 1. The zero-order valence-corrected chi connectivity index (χ0v) is 17.5. The van der Waals surface area contributed by atoms with Crippen molar-refractivity contribution in [1.29, 1.82) is 0 Å². The van der Waals surface area contributed by atoms with Crippen LogP contribution in [0.25, 0.3) is 0 Å². The predicted octanol–water partition coefficient (Wildman–Crippen LogP) is 2.78. The largest absolute Gasteiger partial charge is 0.494 e. The monoisotopic (exact) mass is 374 g/mol. The molecule has 1 aromatic carbocycles. The third-order valence-corrected chi connectivity index (χ3v) is 5.42. The molecule has 27 heavy (non-hydrogen) atoms. The fraction of sp³-hybridized carbons (Fsp3) is 0.650. The maximum atomic E-state index is 12.0. The number of carbonyl (C=O) groups excluding carboxylic acids is 1. The van der Waals surface area contributed by atoms with Crippen LogP contribution in [0.15, 0.2) is 18.2 Å². The van der Waals surface area contributed by atoms with Gasteiger partial charge in [0.2, 0.25) is 0 Å². The molecule has 0 radical (unpaired) electrons. The SMILES string of the molecule is CC(C)(C)OC(=O)NN1CCc2cc(B3OC(C)(C)C(C)(C)O3)ccc2C1. The lowest BCUT2D eigenvalue weighted by Gasteiger charge is -2.32. The lowest BCUT2D eigenvalue weighted by Crippen LogP contribution is -2.47. The minimum absolute atomic E-state index is 0.346. The van der Waals surface area contributed by atoms with Crippen molar-refractivity contribution in [2.24, 2.45) is 0 Å². The maximum absolute atomic E-state index is 12.0. The third kappa shape index (κ3) is 4.47. The summed E-state index contributed by atoms with van der Waals surface area (Å²) in [6, 6.07) is 6.32. The van der Waals surface area contributed by atoms with Gasteiger partial charge in [0.1, 0.15) is 5.60 Å². The van der Waals surface area contributed by atoms with Crippen molar-refractivity contribution in [3.63, 3.8) is 0 Å². The zero-order chi connectivity index (χ0) is 20.0. The molecule has 6 nitrogen and oxygen atoms in total. The smallest absolute Gasteiger partial charge is 0.443 e. The highest BCUT2D eigenvalue weighted by atomic mass is 16.7. The van der Waals surface area contributed by atoms with E-state index in [1.165, 1.54) is 11.1 Å². The second-order valence-corrected chi connectivity index (χ2v) is 9.40. The van der Waals surface area contributed by atoms with Crippen molar-refractivity contribution in [1.82, 2.24) is 10.4 Å². The first kappa shape index (κ1) is 20.2. The Morgan fingerprint density at radius 1 is 1.15 bits per heavy atom. The minimum atomic E-state index is -0.504. The maximum Gasteiger partial charge on any atom is 0.494 e. The van der Waals surface area contributed by atoms with E-state index in [0.717, 1.165) is 18.4 Å². The average molecular weight is 374 g/mol. The highest BCUT2D eigenvalue weighted by molar-refractivity contribution is 6.62. The number of amides is 1. The Balaban J connectivity index is 1.66. The molecule has 0 aromatic heterocycles. The van der Waals surface area contributed by atoms with E-state index in [1.807, 2.05) is 25.8 Å². The molecule has 0 atom stereocenters. The molecular formula is C20H31BN2O4. The van der Waals surface area contributed by atoms with Gasteiger partial charge in [-0.3, -0.25) is 5.43 Å². The molecule has 0 aliphatic carbocycles. The fourth-order valence-electron chi connectivity index (χ4n) is 3.22. The van der Waals surface area contributed by atoms with Crippen molar-refractivity contribution in [3.8, 4) is 0 Å². The van der Waals surface area contributed by atoms with Crippen molar-refractivity contribution in [3.05, 3.63) is 29.3 Å². The van der Waals surface area contributed by atoms with E-state index in [0.29, 0.717) is 6.54 Å². The summed E-state index contributed by atoms with van der Waals surface area (Å²) in [7, 11) is -0.349. The quantitative estimate of drug-likeness (QED) is 0.807. The summed E-state index contributed by atoms with van der Waals surface area (Å²) in [6.07, 6.45) is 0.429. The van der Waals surface area contributed by atoms with Crippen molar-refractivity contribution >= 4 is 18.7 Å². The standard InChI is InChI=1S/C20H31BN2O4/c1-18(2,3)25-17(24)22-23-11-10-14-12-16(9-8-15(14)13-23)21-26-19(4,5)20(6,7)27-21/h8-9,12H,10-11,13H2,1-7H3,(H,22,24). The highest BCUT2D eigenvalue weighted by Crippen LogP contribution is 2.36. The molecule has 1 saturated heterocycles. The summed E-state index contributed by atoms with van der Waals surface area (Å²) in [5.74, 6) is 0. The molecule has 2 aliphatic rings. The van der Waals surface area contributed by atoms with Gasteiger partial charge in [-0.2, -0.15) is 0 Å². The molecule has 2 heterocycles. The molecular weight excluding hydrogens is 343 g/mol. The zero-order valence-electron chi connectivity index (χ0n) is 17.5. The molecule has 1 amide bonds. The van der Waals surface area contributed by atoms with Crippen LogP contribution in [0.5, 0.6) is 0 Å². The van der Waals surface area contributed by atoms with Gasteiger partial charge in [0.05, 0.1) is 11.2 Å². The molecule has 0 saturated carbocycles. The Kier molecular flexibility index (Phi) is 5.08. The van der Waals surface area contributed by atoms with Gasteiger partial charge in [0, 0.05) is 13.1 Å². The van der Waals surface area contributed by atoms with E-state index >= 15 is 0 Å². The number of hydrogen-bond donors (Lipinski definition) is 1. The second-order valence-electron chi connectivity index (χ2n) is 9.40. The summed E-state index contributed by atoms with van der Waals surface area (Å²) in [4.78, 5) is 12.0. The van der Waals surface area contributed by atoms with E-state index in [-0.39, 0.29) is 18.3 Å². The van der Waals surface area contributed by atoms with E-state index in [2.05, 4.69) is 51.3 Å². The van der Waals surface area contributed by atoms with E-state index < -0.39 is 11.7 Å². The van der Waals surface area contributed by atoms with Crippen LogP contribution in [0.3, 0.4) is 0 Å². The van der Waals surface area contributed by atoms with Gasteiger partial charge in [0.15, 0.2) is 0 Å². The molecule has 1 N–H and O–H groups in total. The normalized spacial score (nSPS) is 21.7. The number of hydrazine groups is 1. The Morgan fingerprint density at radius 2 is 1.78 bits per heavy atom. The number of rotatable bonds is 2. The average Bonchev–Trinajstić information content (AvgIpc) is 2.73. The summed E-state index contributed by atoms with van der Waals surface area (Å²) >= 11 is 0. The van der Waals surface area contributed by atoms with Crippen LogP contribution < -0.4 is 10.9 Å². The molecule has 7 heteroatoms. The molecule has 0 bridgehead atoms. The van der Waals surface area contributed by atoms with Gasteiger partial charge in [-0.05, 0) is 71.5 Å². The summed E-state index contributed by atoms with van der Waals surface area (Å²) in [6.45, 7) is 15.2. The van der Waals surface area contributed by atoms with E-state index in [1.54, 1.807) is 0 Å².